The summed E-state index contributed by atoms with van der Waals surface area (Å²) in [7, 11) is 0. The largest absolute Gasteiger partial charge is 0.416 e. The van der Waals surface area contributed by atoms with E-state index in [1.165, 1.54) is 23.5 Å². The number of aryl methyl sites for hydroxylation is 1. The van der Waals surface area contributed by atoms with Gasteiger partial charge in [-0.2, -0.15) is 18.2 Å². The average molecular weight is 369 g/mol. The molecule has 2 aromatic rings. The van der Waals surface area contributed by atoms with Crippen LogP contribution in [0.15, 0.2) is 35.5 Å². The van der Waals surface area contributed by atoms with E-state index < -0.39 is 11.7 Å². The molecule has 1 saturated heterocycles. The molecule has 8 heteroatoms. The summed E-state index contributed by atoms with van der Waals surface area (Å²) in [5.41, 5.74) is -0.164. The zero-order chi connectivity index (χ0) is 18.2. The molecule has 1 fully saturated rings. The first-order valence-electron chi connectivity index (χ1n) is 7.98. The van der Waals surface area contributed by atoms with Crippen molar-refractivity contribution in [2.75, 3.05) is 6.54 Å². The van der Waals surface area contributed by atoms with Crippen LogP contribution in [0.3, 0.4) is 0 Å². The summed E-state index contributed by atoms with van der Waals surface area (Å²) < 4.78 is 39.8. The molecule has 2 heterocycles. The quantitative estimate of drug-likeness (QED) is 0.735. The van der Waals surface area contributed by atoms with Gasteiger partial charge in [-0.25, -0.2) is 4.79 Å². The summed E-state index contributed by atoms with van der Waals surface area (Å²) in [6.07, 6.45) is -0.677. The number of aromatic nitrogens is 1. The minimum absolute atomic E-state index is 0.164. The lowest BCUT2D eigenvalue weighted by Gasteiger charge is -2.18. The minimum atomic E-state index is -4.37. The van der Waals surface area contributed by atoms with Crippen LogP contribution in [0, 0.1) is 6.92 Å². The molecule has 0 saturated carbocycles. The second kappa shape index (κ2) is 6.67. The van der Waals surface area contributed by atoms with Gasteiger partial charge in [0.25, 0.3) is 0 Å². The number of amides is 2. The summed E-state index contributed by atoms with van der Waals surface area (Å²) in [6.45, 7) is 4.55. The zero-order valence-electron chi connectivity index (χ0n) is 13.9. The van der Waals surface area contributed by atoms with Crippen molar-refractivity contribution >= 4 is 17.4 Å². The number of carbonyl (C=O) groups excluding carboxylic acids is 1. The van der Waals surface area contributed by atoms with E-state index in [0.29, 0.717) is 17.0 Å². The van der Waals surface area contributed by atoms with Crippen molar-refractivity contribution in [3.05, 3.63) is 45.7 Å². The number of alkyl halides is 3. The Bertz CT molecular complexity index is 836. The van der Waals surface area contributed by atoms with Crippen molar-refractivity contribution in [3.8, 4) is 5.69 Å². The fourth-order valence-electron chi connectivity index (χ4n) is 2.89. The topological polar surface area (TPSA) is 37.6 Å². The Hall–Kier alpha value is -2.09. The predicted molar refractivity (Wildman–Crippen MR) is 89.7 cm³/mol. The van der Waals surface area contributed by atoms with Gasteiger partial charge in [0, 0.05) is 29.3 Å². The molecule has 4 nitrogen and oxygen atoms in total. The van der Waals surface area contributed by atoms with E-state index in [1.54, 1.807) is 15.7 Å². The van der Waals surface area contributed by atoms with Crippen molar-refractivity contribution in [2.45, 2.75) is 38.9 Å². The Morgan fingerprint density at radius 2 is 1.96 bits per heavy atom. The molecule has 0 spiro atoms. The summed E-state index contributed by atoms with van der Waals surface area (Å²) >= 11 is 1.33. The Morgan fingerprint density at radius 3 is 2.52 bits per heavy atom. The van der Waals surface area contributed by atoms with Crippen LogP contribution in [0.4, 0.5) is 18.0 Å². The molecule has 1 aliphatic rings. The lowest BCUT2D eigenvalue weighted by molar-refractivity contribution is -0.137. The molecule has 1 aromatic heterocycles. The third-order valence-electron chi connectivity index (χ3n) is 4.23. The highest BCUT2D eigenvalue weighted by Crippen LogP contribution is 2.29. The zero-order valence-corrected chi connectivity index (χ0v) is 14.7. The maximum Gasteiger partial charge on any atom is 0.416 e. The Labute approximate surface area is 147 Å². The van der Waals surface area contributed by atoms with Crippen LogP contribution in [0.1, 0.15) is 30.2 Å². The number of hydrogen-bond donors (Lipinski definition) is 0. The first kappa shape index (κ1) is 17.7. The van der Waals surface area contributed by atoms with Gasteiger partial charge >= 0.3 is 12.2 Å². The SMILES string of the molecule is Cc1cn(-c2ccc(C(F)(F)F)cc2)/c(=N/C(=O)N2CCC[C@@H]2C)s1. The molecule has 0 radical (unpaired) electrons. The van der Waals surface area contributed by atoms with Gasteiger partial charge in [-0.05, 0) is 51.0 Å². The summed E-state index contributed by atoms with van der Waals surface area (Å²) in [4.78, 5) is 19.7. The molecule has 2 amide bonds. The third-order valence-corrected chi connectivity index (χ3v) is 5.13. The number of carbonyl (C=O) groups is 1. The molecule has 0 aliphatic carbocycles. The van der Waals surface area contributed by atoms with E-state index in [1.807, 2.05) is 13.8 Å². The number of likely N-dealkylation sites (tertiary alicyclic amines) is 1. The van der Waals surface area contributed by atoms with Crippen LogP contribution in [-0.4, -0.2) is 28.1 Å². The number of hydrogen-bond acceptors (Lipinski definition) is 2. The van der Waals surface area contributed by atoms with Gasteiger partial charge in [0.05, 0.1) is 5.56 Å². The van der Waals surface area contributed by atoms with Crippen LogP contribution < -0.4 is 4.80 Å². The van der Waals surface area contributed by atoms with E-state index in [4.69, 9.17) is 0 Å². The monoisotopic (exact) mass is 369 g/mol. The molecule has 0 N–H and O–H groups in total. The van der Waals surface area contributed by atoms with Gasteiger partial charge in [0.2, 0.25) is 0 Å². The summed E-state index contributed by atoms with van der Waals surface area (Å²) in [6, 6.07) is 4.70. The van der Waals surface area contributed by atoms with Crippen LogP contribution >= 0.6 is 11.3 Å². The predicted octanol–water partition coefficient (Wildman–Crippen LogP) is 4.37. The molecular formula is C17H18F3N3OS. The molecule has 0 bridgehead atoms. The number of nitrogens with zero attached hydrogens (tertiary/aromatic N) is 3. The average Bonchev–Trinajstić information content (AvgIpc) is 3.12. The van der Waals surface area contributed by atoms with Crippen LogP contribution in [0.2, 0.25) is 0 Å². The van der Waals surface area contributed by atoms with Gasteiger partial charge < -0.3 is 4.90 Å². The second-order valence-electron chi connectivity index (χ2n) is 6.12. The van der Waals surface area contributed by atoms with Gasteiger partial charge in [0.1, 0.15) is 0 Å². The second-order valence-corrected chi connectivity index (χ2v) is 7.33. The lowest BCUT2D eigenvalue weighted by atomic mass is 10.2. The maximum atomic E-state index is 12.7. The third kappa shape index (κ3) is 3.78. The summed E-state index contributed by atoms with van der Waals surface area (Å²) in [5, 5.41) is 0. The summed E-state index contributed by atoms with van der Waals surface area (Å²) in [5.74, 6) is 0. The van der Waals surface area contributed by atoms with E-state index >= 15 is 0 Å². The maximum absolute atomic E-state index is 12.7. The van der Waals surface area contributed by atoms with Crippen LogP contribution in [0.5, 0.6) is 0 Å². The highest BCUT2D eigenvalue weighted by molar-refractivity contribution is 7.09. The van der Waals surface area contributed by atoms with E-state index in [9.17, 15) is 18.0 Å². The molecule has 0 unspecified atom stereocenters. The van der Waals surface area contributed by atoms with E-state index in [-0.39, 0.29) is 12.1 Å². The van der Waals surface area contributed by atoms with Gasteiger partial charge in [-0.15, -0.1) is 11.3 Å². The lowest BCUT2D eigenvalue weighted by Crippen LogP contribution is -2.32. The molecule has 3 rings (SSSR count). The van der Waals surface area contributed by atoms with Crippen LogP contribution in [-0.2, 0) is 6.18 Å². The Kier molecular flexibility index (Phi) is 4.73. The minimum Gasteiger partial charge on any atom is -0.320 e. The number of rotatable bonds is 1. The van der Waals surface area contributed by atoms with Crippen molar-refractivity contribution in [3.63, 3.8) is 0 Å². The number of urea groups is 1. The van der Waals surface area contributed by atoms with Crippen molar-refractivity contribution in [2.24, 2.45) is 4.99 Å². The number of benzene rings is 1. The normalized spacial score (nSPS) is 18.8. The van der Waals surface area contributed by atoms with Gasteiger partial charge in [-0.3, -0.25) is 4.57 Å². The molecular weight excluding hydrogens is 351 g/mol. The Balaban J connectivity index is 1.96. The van der Waals surface area contributed by atoms with Crippen molar-refractivity contribution in [1.29, 1.82) is 0 Å². The van der Waals surface area contributed by atoms with Crippen molar-refractivity contribution in [1.82, 2.24) is 9.47 Å². The Morgan fingerprint density at radius 1 is 1.28 bits per heavy atom. The van der Waals surface area contributed by atoms with Gasteiger partial charge in [0.15, 0.2) is 4.80 Å². The first-order valence-corrected chi connectivity index (χ1v) is 8.79. The fraction of sp³-hybridized carbons (Fsp3) is 0.412. The fourth-order valence-corrected chi connectivity index (χ4v) is 3.72. The molecule has 1 aliphatic heterocycles. The highest BCUT2D eigenvalue weighted by atomic mass is 32.1. The van der Waals surface area contributed by atoms with E-state index in [0.717, 1.165) is 29.9 Å². The molecule has 25 heavy (non-hydrogen) atoms. The van der Waals surface area contributed by atoms with Gasteiger partial charge in [-0.1, -0.05) is 0 Å². The molecule has 134 valence electrons. The first-order chi connectivity index (χ1) is 11.8. The highest BCUT2D eigenvalue weighted by Gasteiger charge is 2.30. The molecule has 1 aromatic carbocycles. The molecule has 1 atom stereocenters. The number of halogens is 3. The number of thiazole rings is 1. The van der Waals surface area contributed by atoms with Crippen molar-refractivity contribution < 1.29 is 18.0 Å². The standard InChI is InChI=1S/C17H18F3N3OS/c1-11-4-3-9-22(11)15(24)21-16-23(10-12(2)25-16)14-7-5-13(6-8-14)17(18,19)20/h5-8,10-11H,3-4,9H2,1-2H3/b21-16-/t11-/m0/s1. The van der Waals surface area contributed by atoms with E-state index in [2.05, 4.69) is 4.99 Å². The smallest absolute Gasteiger partial charge is 0.320 e. The van der Waals surface area contributed by atoms with Crippen LogP contribution in [0.25, 0.3) is 5.69 Å².